The van der Waals surface area contributed by atoms with Gasteiger partial charge in [0.1, 0.15) is 6.61 Å². The third kappa shape index (κ3) is 15.6. The lowest BCUT2D eigenvalue weighted by Crippen LogP contribution is -2.30. The van der Waals surface area contributed by atoms with Crippen LogP contribution in [0.1, 0.15) is 122 Å². The SMILES string of the molecule is CCCCCCCCCCCCCCC1COC(COC(=O)OCCCCCN2C=CSC2OS(=O)(=O)c2ccc(C)cc2)C1. The Balaban J connectivity index is 1.13. The van der Waals surface area contributed by atoms with E-state index in [-0.39, 0.29) is 24.2 Å². The van der Waals surface area contributed by atoms with Crippen molar-refractivity contribution in [1.82, 2.24) is 4.90 Å². The fourth-order valence-corrected chi connectivity index (χ4v) is 7.85. The van der Waals surface area contributed by atoms with E-state index in [4.69, 9.17) is 18.4 Å². The first kappa shape index (κ1) is 37.7. The minimum absolute atomic E-state index is 0.0313. The van der Waals surface area contributed by atoms with E-state index in [1.165, 1.54) is 95.2 Å². The molecule has 2 aliphatic heterocycles. The van der Waals surface area contributed by atoms with Crippen LogP contribution < -0.4 is 0 Å². The lowest BCUT2D eigenvalue weighted by Gasteiger charge is -2.24. The Morgan fingerprint density at radius 2 is 1.53 bits per heavy atom. The molecule has 3 rings (SSSR count). The van der Waals surface area contributed by atoms with Crippen LogP contribution in [0.2, 0.25) is 0 Å². The van der Waals surface area contributed by atoms with Crippen molar-refractivity contribution in [2.75, 3.05) is 26.4 Å². The predicted molar refractivity (Wildman–Crippen MR) is 181 cm³/mol. The summed E-state index contributed by atoms with van der Waals surface area (Å²) in [5.74, 6) is 0.564. The van der Waals surface area contributed by atoms with E-state index in [2.05, 4.69) is 6.92 Å². The molecule has 0 bridgehead atoms. The molecule has 0 aromatic heterocycles. The highest BCUT2D eigenvalue weighted by molar-refractivity contribution is 8.03. The molecule has 2 aliphatic rings. The number of carbonyl (C=O) groups excluding carboxylic acids is 1. The molecule has 1 aromatic rings. The molecule has 0 radical (unpaired) electrons. The van der Waals surface area contributed by atoms with Gasteiger partial charge >= 0.3 is 6.16 Å². The first-order valence-electron chi connectivity index (χ1n) is 17.4. The third-order valence-electron chi connectivity index (χ3n) is 8.53. The molecule has 1 fully saturated rings. The average Bonchev–Trinajstić information content (AvgIpc) is 3.67. The van der Waals surface area contributed by atoms with Crippen molar-refractivity contribution in [3.8, 4) is 0 Å². The van der Waals surface area contributed by atoms with E-state index >= 15 is 0 Å². The first-order chi connectivity index (χ1) is 21.9. The van der Waals surface area contributed by atoms with Gasteiger partial charge in [0.15, 0.2) is 0 Å². The Bertz CT molecular complexity index is 1080. The summed E-state index contributed by atoms with van der Waals surface area (Å²) in [7, 11) is -3.85. The smallest absolute Gasteiger partial charge is 0.434 e. The van der Waals surface area contributed by atoms with Gasteiger partial charge in [0.25, 0.3) is 10.1 Å². The molecule has 8 nitrogen and oxygen atoms in total. The Kier molecular flexibility index (Phi) is 18.4. The highest BCUT2D eigenvalue weighted by Crippen LogP contribution is 2.30. The van der Waals surface area contributed by atoms with Gasteiger partial charge in [-0.25, -0.2) is 8.98 Å². The summed E-state index contributed by atoms with van der Waals surface area (Å²) in [6.07, 6.45) is 22.0. The molecule has 0 N–H and O–H groups in total. The number of thioether (sulfide) groups is 1. The molecular weight excluding hydrogens is 611 g/mol. The number of unbranched alkanes of at least 4 members (excludes halogenated alkanes) is 13. The normalized spacial score (nSPS) is 19.8. The maximum absolute atomic E-state index is 12.6. The quantitative estimate of drug-likeness (QED) is 0.0607. The molecule has 0 aliphatic carbocycles. The summed E-state index contributed by atoms with van der Waals surface area (Å²) >= 11 is 1.32. The van der Waals surface area contributed by atoms with Crippen LogP contribution in [0.3, 0.4) is 0 Å². The standard InChI is InChI=1S/C35H57NO7S2/c1-3-4-5-6-7-8-9-10-11-12-13-15-18-31-27-32(41-28-31)29-42-35(37)40-25-17-14-16-23-36-24-26-44-34(36)43-45(38,39)33-21-19-30(2)20-22-33/h19-22,24,26,31-32,34H,3-18,23,25,27-29H2,1-2H3. The first-order valence-corrected chi connectivity index (χ1v) is 19.7. The van der Waals surface area contributed by atoms with Gasteiger partial charge in [-0.15, -0.1) is 0 Å². The zero-order chi connectivity index (χ0) is 32.2. The van der Waals surface area contributed by atoms with Crippen LogP contribution in [0.4, 0.5) is 4.79 Å². The van der Waals surface area contributed by atoms with Gasteiger partial charge in [0, 0.05) is 12.7 Å². The van der Waals surface area contributed by atoms with Crippen molar-refractivity contribution in [2.24, 2.45) is 5.92 Å². The minimum Gasteiger partial charge on any atom is -0.434 e. The zero-order valence-electron chi connectivity index (χ0n) is 27.7. The topological polar surface area (TPSA) is 91.4 Å². The second-order valence-electron chi connectivity index (χ2n) is 12.5. The maximum atomic E-state index is 12.6. The molecule has 256 valence electrons. The van der Waals surface area contributed by atoms with Crippen LogP contribution in [0, 0.1) is 12.8 Å². The van der Waals surface area contributed by atoms with Crippen molar-refractivity contribution in [3.05, 3.63) is 41.4 Å². The highest BCUT2D eigenvalue weighted by Gasteiger charge is 2.28. The van der Waals surface area contributed by atoms with E-state index < -0.39 is 21.8 Å². The number of hydrogen-bond donors (Lipinski definition) is 0. The summed E-state index contributed by atoms with van der Waals surface area (Å²) in [4.78, 5) is 14.1. The molecule has 10 heteroatoms. The monoisotopic (exact) mass is 667 g/mol. The number of hydrogen-bond acceptors (Lipinski definition) is 9. The third-order valence-corrected chi connectivity index (χ3v) is 10.8. The van der Waals surface area contributed by atoms with Crippen molar-refractivity contribution >= 4 is 28.0 Å². The summed E-state index contributed by atoms with van der Waals surface area (Å²) < 4.78 is 47.2. The number of carbonyl (C=O) groups is 1. The second-order valence-corrected chi connectivity index (χ2v) is 15.1. The average molecular weight is 668 g/mol. The molecule has 45 heavy (non-hydrogen) atoms. The van der Waals surface area contributed by atoms with E-state index in [1.54, 1.807) is 24.3 Å². The Morgan fingerprint density at radius 1 is 0.889 bits per heavy atom. The Hall–Kier alpha value is -1.75. The number of aryl methyl sites for hydroxylation is 1. The fourth-order valence-electron chi connectivity index (χ4n) is 5.76. The molecule has 0 spiro atoms. The molecule has 0 saturated carbocycles. The molecule has 3 unspecified atom stereocenters. The summed E-state index contributed by atoms with van der Waals surface area (Å²) in [6.45, 7) is 6.12. The number of ether oxygens (including phenoxy) is 3. The molecule has 3 atom stereocenters. The van der Waals surface area contributed by atoms with E-state index in [1.807, 2.05) is 23.4 Å². The molecule has 2 heterocycles. The summed E-state index contributed by atoms with van der Waals surface area (Å²) in [6, 6.07) is 6.63. The van der Waals surface area contributed by atoms with E-state index in [0.29, 0.717) is 18.9 Å². The van der Waals surface area contributed by atoms with Crippen molar-refractivity contribution in [2.45, 2.75) is 140 Å². The molecule has 0 amide bonds. The van der Waals surface area contributed by atoms with E-state index in [9.17, 15) is 13.2 Å². The van der Waals surface area contributed by atoms with Crippen molar-refractivity contribution < 1.29 is 31.6 Å². The van der Waals surface area contributed by atoms with Gasteiger partial charge in [-0.05, 0) is 62.5 Å². The minimum atomic E-state index is -3.85. The van der Waals surface area contributed by atoms with Crippen LogP contribution in [0.25, 0.3) is 0 Å². The van der Waals surface area contributed by atoms with Crippen LogP contribution in [0.15, 0.2) is 40.8 Å². The lowest BCUT2D eigenvalue weighted by molar-refractivity contribution is 0.00720. The number of benzene rings is 1. The van der Waals surface area contributed by atoms with Crippen LogP contribution >= 0.6 is 11.8 Å². The summed E-state index contributed by atoms with van der Waals surface area (Å²) in [5.41, 5.74) is 0.366. The Morgan fingerprint density at radius 3 is 2.22 bits per heavy atom. The number of rotatable bonds is 24. The van der Waals surface area contributed by atoms with E-state index in [0.717, 1.165) is 31.4 Å². The molecule has 1 aromatic carbocycles. The van der Waals surface area contributed by atoms with Gasteiger partial charge in [-0.2, -0.15) is 8.42 Å². The molecular formula is C35H57NO7S2. The second kappa shape index (κ2) is 21.9. The van der Waals surface area contributed by atoms with Gasteiger partial charge in [0.2, 0.25) is 5.56 Å². The van der Waals surface area contributed by atoms with Crippen LogP contribution in [-0.4, -0.2) is 57.5 Å². The van der Waals surface area contributed by atoms with Gasteiger partial charge in [-0.3, -0.25) is 0 Å². The fraction of sp³-hybridized carbons (Fsp3) is 0.743. The largest absolute Gasteiger partial charge is 0.508 e. The molecule has 1 saturated heterocycles. The lowest BCUT2D eigenvalue weighted by atomic mass is 9.97. The highest BCUT2D eigenvalue weighted by atomic mass is 32.2. The van der Waals surface area contributed by atoms with Crippen molar-refractivity contribution in [3.63, 3.8) is 0 Å². The van der Waals surface area contributed by atoms with Gasteiger partial charge < -0.3 is 19.1 Å². The zero-order valence-corrected chi connectivity index (χ0v) is 29.3. The van der Waals surface area contributed by atoms with Gasteiger partial charge in [-0.1, -0.05) is 113 Å². The summed E-state index contributed by atoms with van der Waals surface area (Å²) in [5, 5.41) is 1.84. The van der Waals surface area contributed by atoms with Crippen LogP contribution in [0.5, 0.6) is 0 Å². The Labute approximate surface area is 277 Å². The predicted octanol–water partition coefficient (Wildman–Crippen LogP) is 9.32. The van der Waals surface area contributed by atoms with Crippen LogP contribution in [-0.2, 0) is 28.5 Å². The number of nitrogens with zero attached hydrogens (tertiary/aromatic N) is 1. The van der Waals surface area contributed by atoms with Crippen molar-refractivity contribution in [1.29, 1.82) is 0 Å². The maximum Gasteiger partial charge on any atom is 0.508 e. The van der Waals surface area contributed by atoms with Gasteiger partial charge in [0.05, 0.1) is 24.2 Å².